The molecule has 0 aromatic carbocycles. The maximum absolute atomic E-state index is 11.4. The zero-order valence-electron chi connectivity index (χ0n) is 9.39. The van der Waals surface area contributed by atoms with Crippen LogP contribution in [0.5, 0.6) is 0 Å². The third-order valence-corrected chi connectivity index (χ3v) is 3.23. The molecule has 0 radical (unpaired) electrons. The lowest BCUT2D eigenvalue weighted by Gasteiger charge is -2.09. The summed E-state index contributed by atoms with van der Waals surface area (Å²) in [6, 6.07) is -0.176. The Bertz CT molecular complexity index is 335. The Labute approximate surface area is 115 Å². The van der Waals surface area contributed by atoms with Gasteiger partial charge in [0.25, 0.3) is 0 Å². The first-order valence-corrected chi connectivity index (χ1v) is 6.26. The molecule has 1 unspecified atom stereocenters. The van der Waals surface area contributed by atoms with E-state index in [4.69, 9.17) is 17.3 Å². The topological polar surface area (TPSA) is 55.1 Å². The van der Waals surface area contributed by atoms with Crippen LogP contribution in [0, 0.1) is 0 Å². The van der Waals surface area contributed by atoms with Gasteiger partial charge in [-0.25, -0.2) is 0 Å². The van der Waals surface area contributed by atoms with Gasteiger partial charge in [-0.15, -0.1) is 0 Å². The van der Waals surface area contributed by atoms with Crippen molar-refractivity contribution in [2.24, 2.45) is 5.73 Å². The molecule has 3 nitrogen and oxygen atoms in total. The molecule has 0 saturated carbocycles. The fraction of sp³-hybridized carbons (Fsp3) is 0.364. The zero-order chi connectivity index (χ0) is 12.7. The molecule has 0 heterocycles. The van der Waals surface area contributed by atoms with Gasteiger partial charge in [0.1, 0.15) is 0 Å². The highest BCUT2D eigenvalue weighted by molar-refractivity contribution is 14.1. The molecule has 16 heavy (non-hydrogen) atoms. The van der Waals surface area contributed by atoms with Crippen LogP contribution in [0.2, 0.25) is 0 Å². The molecule has 1 atom stereocenters. The largest absolute Gasteiger partial charge is 0.327 e. The molecule has 0 spiro atoms. The molecule has 0 aliphatic heterocycles. The van der Waals surface area contributed by atoms with Crippen molar-refractivity contribution < 1.29 is 4.79 Å². The number of allylic oxidation sites excluding steroid dienone is 4. The summed E-state index contributed by atoms with van der Waals surface area (Å²) in [6.07, 6.45) is 3.95. The van der Waals surface area contributed by atoms with Gasteiger partial charge in [0.2, 0.25) is 5.91 Å². The summed E-state index contributed by atoms with van der Waals surface area (Å²) in [6.45, 7) is 7.36. The average molecular weight is 355 g/mol. The normalized spacial score (nSPS) is 14.6. The Kier molecular flexibility index (Phi) is 7.70. The second kappa shape index (κ2) is 7.86. The molecule has 1 amide bonds. The Hall–Kier alpha value is -0.330. The van der Waals surface area contributed by atoms with Gasteiger partial charge in [-0.3, -0.25) is 4.79 Å². The van der Waals surface area contributed by atoms with Crippen LogP contribution in [0.3, 0.4) is 0 Å². The monoisotopic (exact) mass is 354 g/mol. The van der Waals surface area contributed by atoms with E-state index in [1.54, 1.807) is 6.92 Å². The number of halogens is 2. The lowest BCUT2D eigenvalue weighted by atomic mass is 10.2. The first-order valence-electron chi connectivity index (χ1n) is 4.81. The smallest absolute Gasteiger partial charge is 0.225 e. The minimum absolute atomic E-state index is 0.176. The van der Waals surface area contributed by atoms with Gasteiger partial charge in [0.05, 0.1) is 10.7 Å². The number of nitrogens with one attached hydrogen (secondary N) is 1. The van der Waals surface area contributed by atoms with E-state index in [0.29, 0.717) is 10.7 Å². The summed E-state index contributed by atoms with van der Waals surface area (Å²) < 4.78 is 0.827. The maximum Gasteiger partial charge on any atom is 0.225 e. The summed E-state index contributed by atoms with van der Waals surface area (Å²) in [5.41, 5.74) is 5.90. The molecule has 3 N–H and O–H groups in total. The predicted octanol–water partition coefficient (Wildman–Crippen LogP) is 2.82. The number of carbonyl (C=O) groups excluding carboxylic acids is 1. The third kappa shape index (κ3) is 6.30. The van der Waals surface area contributed by atoms with Crippen LogP contribution in [-0.2, 0) is 4.79 Å². The molecule has 0 aromatic rings. The van der Waals surface area contributed by atoms with E-state index >= 15 is 0 Å². The van der Waals surface area contributed by atoms with Gasteiger partial charge in [-0.2, -0.15) is 0 Å². The zero-order valence-corrected chi connectivity index (χ0v) is 12.3. The fourth-order valence-corrected chi connectivity index (χ4v) is 1.73. The van der Waals surface area contributed by atoms with E-state index in [0.717, 1.165) is 3.58 Å². The van der Waals surface area contributed by atoms with Crippen LogP contribution in [-0.4, -0.2) is 11.9 Å². The first-order chi connectivity index (χ1) is 7.38. The number of nitrogens with two attached hydrogens (primary N) is 1. The van der Waals surface area contributed by atoms with Crippen molar-refractivity contribution in [3.8, 4) is 0 Å². The number of hydrogen-bond acceptors (Lipinski definition) is 2. The van der Waals surface area contributed by atoms with Crippen molar-refractivity contribution in [3.63, 3.8) is 0 Å². The van der Waals surface area contributed by atoms with E-state index in [1.807, 2.05) is 19.1 Å². The number of amides is 1. The Morgan fingerprint density at radius 3 is 2.69 bits per heavy atom. The predicted molar refractivity (Wildman–Crippen MR) is 77.3 cm³/mol. The van der Waals surface area contributed by atoms with E-state index < -0.39 is 0 Å². The van der Waals surface area contributed by atoms with E-state index in [1.165, 1.54) is 0 Å². The summed E-state index contributed by atoms with van der Waals surface area (Å²) in [4.78, 5) is 11.4. The lowest BCUT2D eigenvalue weighted by Crippen LogP contribution is -2.29. The van der Waals surface area contributed by atoms with Crippen molar-refractivity contribution in [2.45, 2.75) is 26.3 Å². The summed E-state index contributed by atoms with van der Waals surface area (Å²) in [5.74, 6) is -0.178. The van der Waals surface area contributed by atoms with E-state index in [9.17, 15) is 4.79 Å². The van der Waals surface area contributed by atoms with E-state index in [2.05, 4.69) is 34.5 Å². The van der Waals surface area contributed by atoms with Crippen LogP contribution in [0.1, 0.15) is 20.3 Å². The van der Waals surface area contributed by atoms with Crippen LogP contribution in [0.4, 0.5) is 0 Å². The van der Waals surface area contributed by atoms with Gasteiger partial charge in [-0.1, -0.05) is 30.3 Å². The quantitative estimate of drug-likeness (QED) is 0.589. The van der Waals surface area contributed by atoms with Crippen LogP contribution in [0.25, 0.3) is 0 Å². The molecular formula is C11H16ClIN2O. The molecular weight excluding hydrogens is 338 g/mol. The molecule has 0 bridgehead atoms. The lowest BCUT2D eigenvalue weighted by molar-refractivity contribution is -0.120. The SMILES string of the molecule is C=C(NC(=O)CC(C)N)/C(Cl)=C(I)\C=C/C. The molecule has 5 heteroatoms. The van der Waals surface area contributed by atoms with Crippen molar-refractivity contribution in [3.05, 3.63) is 33.0 Å². The number of rotatable bonds is 5. The first kappa shape index (κ1) is 15.7. The summed E-state index contributed by atoms with van der Waals surface area (Å²) in [5, 5.41) is 3.05. The minimum atomic E-state index is -0.178. The molecule has 0 fully saturated rings. The van der Waals surface area contributed by atoms with Gasteiger partial charge >= 0.3 is 0 Å². The molecule has 0 saturated heterocycles. The van der Waals surface area contributed by atoms with Gasteiger partial charge in [-0.05, 0) is 36.4 Å². The van der Waals surface area contributed by atoms with Crippen molar-refractivity contribution >= 4 is 40.1 Å². The molecule has 0 rings (SSSR count). The number of hydrogen-bond donors (Lipinski definition) is 2. The standard InChI is InChI=1S/C11H16ClIN2O/c1-4-5-9(13)11(12)8(3)15-10(16)6-7(2)14/h4-5,7H,3,6,14H2,1-2H3,(H,15,16)/b5-4-,11-9-. The maximum atomic E-state index is 11.4. The van der Waals surface area contributed by atoms with Crippen molar-refractivity contribution in [1.29, 1.82) is 0 Å². The second-order valence-electron chi connectivity index (χ2n) is 3.37. The van der Waals surface area contributed by atoms with Crippen LogP contribution in [0.15, 0.2) is 33.0 Å². The van der Waals surface area contributed by atoms with Crippen LogP contribution < -0.4 is 11.1 Å². The average Bonchev–Trinajstić information content (AvgIpc) is 2.15. The minimum Gasteiger partial charge on any atom is -0.327 e. The number of carbonyl (C=O) groups is 1. The second-order valence-corrected chi connectivity index (χ2v) is 4.91. The molecule has 90 valence electrons. The van der Waals surface area contributed by atoms with Crippen LogP contribution >= 0.6 is 34.2 Å². The third-order valence-electron chi connectivity index (χ3n) is 1.59. The highest BCUT2D eigenvalue weighted by Crippen LogP contribution is 2.22. The Morgan fingerprint density at radius 2 is 2.25 bits per heavy atom. The molecule has 0 aliphatic carbocycles. The van der Waals surface area contributed by atoms with Crippen molar-refractivity contribution in [2.75, 3.05) is 0 Å². The van der Waals surface area contributed by atoms with Gasteiger partial charge in [0, 0.05) is 16.0 Å². The fourth-order valence-electron chi connectivity index (χ4n) is 0.930. The Morgan fingerprint density at radius 1 is 1.69 bits per heavy atom. The summed E-state index contributed by atoms with van der Waals surface area (Å²) in [7, 11) is 0. The highest BCUT2D eigenvalue weighted by Gasteiger charge is 2.09. The molecule has 0 aromatic heterocycles. The van der Waals surface area contributed by atoms with Crippen molar-refractivity contribution in [1.82, 2.24) is 5.32 Å². The van der Waals surface area contributed by atoms with E-state index in [-0.39, 0.29) is 18.4 Å². The van der Waals surface area contributed by atoms with Gasteiger partial charge in [0.15, 0.2) is 0 Å². The Balaban J connectivity index is 4.48. The van der Waals surface area contributed by atoms with Gasteiger partial charge < -0.3 is 11.1 Å². The summed E-state index contributed by atoms with van der Waals surface area (Å²) >= 11 is 8.10. The molecule has 0 aliphatic rings. The highest BCUT2D eigenvalue weighted by atomic mass is 127.